The Morgan fingerprint density at radius 3 is 1.65 bits per heavy atom. The summed E-state index contributed by atoms with van der Waals surface area (Å²) < 4.78 is 6.29. The molecule has 54 heavy (non-hydrogen) atoms. The van der Waals surface area contributed by atoms with Crippen molar-refractivity contribution in [1.29, 1.82) is 0 Å². The molecule has 0 atom stereocenters. The molecule has 11 aromatic rings. The van der Waals surface area contributed by atoms with Gasteiger partial charge in [0.05, 0.1) is 0 Å². The van der Waals surface area contributed by atoms with Crippen LogP contribution in [0.5, 0.6) is 0 Å². The van der Waals surface area contributed by atoms with E-state index in [4.69, 9.17) is 4.42 Å². The molecule has 1 heterocycles. The molecule has 0 N–H and O–H groups in total. The van der Waals surface area contributed by atoms with E-state index in [1.165, 1.54) is 60.0 Å². The summed E-state index contributed by atoms with van der Waals surface area (Å²) in [6.07, 6.45) is 0. The molecule has 0 saturated heterocycles. The lowest BCUT2D eigenvalue weighted by molar-refractivity contribution is 0.669. The van der Waals surface area contributed by atoms with Crippen LogP contribution in [0.15, 0.2) is 205 Å². The maximum absolute atomic E-state index is 6.29. The van der Waals surface area contributed by atoms with Gasteiger partial charge in [-0.25, -0.2) is 0 Å². The maximum atomic E-state index is 6.29. The molecule has 10 aromatic carbocycles. The second kappa shape index (κ2) is 12.2. The molecular weight excluding hydrogens is 655 g/mol. The van der Waals surface area contributed by atoms with E-state index in [0.29, 0.717) is 0 Å². The minimum Gasteiger partial charge on any atom is -0.456 e. The molecule has 1 aromatic heterocycles. The van der Waals surface area contributed by atoms with Gasteiger partial charge < -0.3 is 9.32 Å². The van der Waals surface area contributed by atoms with Crippen molar-refractivity contribution in [1.82, 2.24) is 0 Å². The van der Waals surface area contributed by atoms with Gasteiger partial charge in [-0.05, 0) is 126 Å². The molecule has 0 saturated carbocycles. The number of anilines is 3. The number of hydrogen-bond donors (Lipinski definition) is 0. The Balaban J connectivity index is 1.01. The summed E-state index contributed by atoms with van der Waals surface area (Å²) in [6.45, 7) is 0. The predicted octanol–water partition coefficient (Wildman–Crippen LogP) is 15.0. The van der Waals surface area contributed by atoms with Crippen molar-refractivity contribution in [3.05, 3.63) is 200 Å². The highest BCUT2D eigenvalue weighted by molar-refractivity contribution is 6.20. The van der Waals surface area contributed by atoms with Crippen LogP contribution in [0.2, 0.25) is 0 Å². The van der Waals surface area contributed by atoms with Crippen LogP contribution in [0, 0.1) is 0 Å². The topological polar surface area (TPSA) is 16.4 Å². The standard InChI is InChI=1S/C52H33NO/c1-2-8-34(9-3-1)35-18-24-43(25-19-35)53(45-28-22-40-32-49-48-12-6-7-13-50(48)54-51(49)33-42(40)31-45)44-26-20-36(21-27-44)39-23-29-47-41(30-39)17-16-38-15-14-37-10-4-5-11-46(37)52(38)47/h1-33H. The van der Waals surface area contributed by atoms with E-state index in [1.54, 1.807) is 0 Å². The van der Waals surface area contributed by atoms with Crippen molar-refractivity contribution in [3.63, 3.8) is 0 Å². The molecule has 0 fully saturated rings. The summed E-state index contributed by atoms with van der Waals surface area (Å²) in [7, 11) is 0. The number of furan rings is 1. The lowest BCUT2D eigenvalue weighted by Gasteiger charge is -2.26. The Labute approximate surface area is 312 Å². The van der Waals surface area contributed by atoms with Gasteiger partial charge in [-0.3, -0.25) is 0 Å². The molecule has 0 aliphatic heterocycles. The number of para-hydroxylation sites is 1. The fourth-order valence-corrected chi connectivity index (χ4v) is 8.29. The molecular formula is C52H33NO. The summed E-state index contributed by atoms with van der Waals surface area (Å²) in [5.74, 6) is 0. The molecule has 0 amide bonds. The lowest BCUT2D eigenvalue weighted by Crippen LogP contribution is -2.09. The lowest BCUT2D eigenvalue weighted by atomic mass is 9.94. The molecule has 2 heteroatoms. The molecule has 0 unspecified atom stereocenters. The van der Waals surface area contributed by atoms with Crippen LogP contribution in [0.4, 0.5) is 17.1 Å². The second-order valence-electron chi connectivity index (χ2n) is 14.2. The summed E-state index contributed by atoms with van der Waals surface area (Å²) >= 11 is 0. The number of rotatable bonds is 5. The van der Waals surface area contributed by atoms with Crippen LogP contribution in [0.1, 0.15) is 0 Å². The van der Waals surface area contributed by atoms with Crippen LogP contribution in [-0.2, 0) is 0 Å². The Morgan fingerprint density at radius 1 is 0.278 bits per heavy atom. The highest BCUT2D eigenvalue weighted by Crippen LogP contribution is 2.40. The van der Waals surface area contributed by atoms with E-state index in [-0.39, 0.29) is 0 Å². The van der Waals surface area contributed by atoms with E-state index in [0.717, 1.165) is 44.4 Å². The third-order valence-corrected chi connectivity index (χ3v) is 11.0. The van der Waals surface area contributed by atoms with Crippen molar-refractivity contribution in [2.45, 2.75) is 0 Å². The van der Waals surface area contributed by atoms with E-state index in [2.05, 4.69) is 193 Å². The van der Waals surface area contributed by atoms with E-state index in [1.807, 2.05) is 12.1 Å². The van der Waals surface area contributed by atoms with Crippen molar-refractivity contribution in [3.8, 4) is 22.3 Å². The largest absolute Gasteiger partial charge is 0.456 e. The van der Waals surface area contributed by atoms with Crippen molar-refractivity contribution < 1.29 is 4.42 Å². The summed E-state index contributed by atoms with van der Waals surface area (Å²) in [4.78, 5) is 2.35. The Morgan fingerprint density at radius 2 is 0.852 bits per heavy atom. The molecule has 0 aliphatic rings. The smallest absolute Gasteiger partial charge is 0.136 e. The number of fused-ring (bicyclic) bond motifs is 9. The summed E-state index contributed by atoms with van der Waals surface area (Å²) in [5.41, 5.74) is 9.87. The first-order valence-electron chi connectivity index (χ1n) is 18.5. The fourth-order valence-electron chi connectivity index (χ4n) is 8.29. The van der Waals surface area contributed by atoms with Crippen LogP contribution < -0.4 is 4.90 Å². The molecule has 0 bridgehead atoms. The Kier molecular flexibility index (Phi) is 6.90. The average molecular weight is 688 g/mol. The highest BCUT2D eigenvalue weighted by atomic mass is 16.3. The van der Waals surface area contributed by atoms with Crippen LogP contribution in [0.25, 0.3) is 87.3 Å². The van der Waals surface area contributed by atoms with Gasteiger partial charge in [0.25, 0.3) is 0 Å². The first-order chi connectivity index (χ1) is 26.7. The van der Waals surface area contributed by atoms with Gasteiger partial charge in [-0.1, -0.05) is 140 Å². The van der Waals surface area contributed by atoms with E-state index < -0.39 is 0 Å². The Hall–Kier alpha value is -7.16. The third-order valence-electron chi connectivity index (χ3n) is 11.0. The van der Waals surface area contributed by atoms with Crippen molar-refractivity contribution in [2.75, 3.05) is 4.90 Å². The second-order valence-corrected chi connectivity index (χ2v) is 14.2. The van der Waals surface area contributed by atoms with Crippen LogP contribution in [0.3, 0.4) is 0 Å². The summed E-state index contributed by atoms with van der Waals surface area (Å²) in [6, 6.07) is 72.4. The van der Waals surface area contributed by atoms with Gasteiger partial charge in [0.15, 0.2) is 0 Å². The molecule has 11 rings (SSSR count). The molecule has 2 nitrogen and oxygen atoms in total. The van der Waals surface area contributed by atoms with Gasteiger partial charge in [-0.15, -0.1) is 0 Å². The minimum absolute atomic E-state index is 0.903. The quantitative estimate of drug-likeness (QED) is 0.168. The van der Waals surface area contributed by atoms with Gasteiger partial charge >= 0.3 is 0 Å². The van der Waals surface area contributed by atoms with Gasteiger partial charge in [0, 0.05) is 27.8 Å². The van der Waals surface area contributed by atoms with Crippen LogP contribution >= 0.6 is 0 Å². The van der Waals surface area contributed by atoms with E-state index >= 15 is 0 Å². The molecule has 252 valence electrons. The monoisotopic (exact) mass is 687 g/mol. The average Bonchev–Trinajstić information content (AvgIpc) is 3.60. The first-order valence-corrected chi connectivity index (χ1v) is 18.5. The number of benzene rings is 10. The first kappa shape index (κ1) is 30.5. The summed E-state index contributed by atoms with van der Waals surface area (Å²) in [5, 5.41) is 12.3. The fraction of sp³-hybridized carbons (Fsp3) is 0. The van der Waals surface area contributed by atoms with E-state index in [9.17, 15) is 0 Å². The zero-order chi connectivity index (χ0) is 35.6. The number of nitrogens with zero attached hydrogens (tertiary/aromatic N) is 1. The third kappa shape index (κ3) is 5.03. The zero-order valence-corrected chi connectivity index (χ0v) is 29.4. The molecule has 0 radical (unpaired) electrons. The normalized spacial score (nSPS) is 11.7. The minimum atomic E-state index is 0.903. The van der Waals surface area contributed by atoms with Crippen molar-refractivity contribution >= 4 is 82.1 Å². The van der Waals surface area contributed by atoms with Gasteiger partial charge in [-0.2, -0.15) is 0 Å². The Bertz CT molecular complexity index is 3190. The molecule has 0 aliphatic carbocycles. The number of hydrogen-bond acceptors (Lipinski definition) is 2. The van der Waals surface area contributed by atoms with Gasteiger partial charge in [0.1, 0.15) is 11.2 Å². The zero-order valence-electron chi connectivity index (χ0n) is 29.4. The molecule has 0 spiro atoms. The predicted molar refractivity (Wildman–Crippen MR) is 229 cm³/mol. The van der Waals surface area contributed by atoms with Gasteiger partial charge in [0.2, 0.25) is 0 Å². The van der Waals surface area contributed by atoms with Crippen LogP contribution in [-0.4, -0.2) is 0 Å². The highest BCUT2D eigenvalue weighted by Gasteiger charge is 2.16. The maximum Gasteiger partial charge on any atom is 0.136 e. The van der Waals surface area contributed by atoms with Crippen molar-refractivity contribution in [2.24, 2.45) is 0 Å². The SMILES string of the molecule is c1ccc(-c2ccc(N(c3ccc(-c4ccc5c(ccc6ccc7ccccc7c65)c4)cc3)c3ccc4cc5c(cc4c3)oc3ccccc35)cc2)cc1.